The van der Waals surface area contributed by atoms with Gasteiger partial charge in [-0.05, 0) is 45.2 Å². The maximum absolute atomic E-state index is 12.9. The molecule has 0 aliphatic carbocycles. The lowest BCUT2D eigenvalue weighted by atomic mass is 9.95. The van der Waals surface area contributed by atoms with Gasteiger partial charge >= 0.3 is 6.09 Å². The molecule has 1 N–H and O–H groups in total. The number of nitrogens with zero attached hydrogens (tertiary/aromatic N) is 4. The van der Waals surface area contributed by atoms with Crippen LogP contribution in [-0.2, 0) is 26.0 Å². The molecule has 0 unspecified atom stereocenters. The van der Waals surface area contributed by atoms with E-state index in [0.717, 1.165) is 46.1 Å². The highest BCUT2D eigenvalue weighted by atomic mass is 32.2. The highest BCUT2D eigenvalue weighted by Gasteiger charge is 2.32. The molecule has 0 spiro atoms. The van der Waals surface area contributed by atoms with Gasteiger partial charge < -0.3 is 24.3 Å². The zero-order valence-corrected chi connectivity index (χ0v) is 28.0. The smallest absolute Gasteiger partial charge is 0.410 e. The van der Waals surface area contributed by atoms with Crippen LogP contribution in [0.4, 0.5) is 10.5 Å². The first-order valence-corrected chi connectivity index (χ1v) is 20.4. The summed E-state index contributed by atoms with van der Waals surface area (Å²) in [6, 6.07) is 3.03. The van der Waals surface area contributed by atoms with Crippen LogP contribution in [0, 0.1) is 5.92 Å². The molecule has 1 fully saturated rings. The van der Waals surface area contributed by atoms with Gasteiger partial charge in [0, 0.05) is 57.8 Å². The predicted molar refractivity (Wildman–Crippen MR) is 167 cm³/mol. The van der Waals surface area contributed by atoms with Crippen molar-refractivity contribution in [3.63, 3.8) is 0 Å². The summed E-state index contributed by atoms with van der Waals surface area (Å²) in [5.41, 5.74) is 1.72. The number of carbonyl (C=O) groups excluding carboxylic acids is 1. The van der Waals surface area contributed by atoms with E-state index in [1.165, 1.54) is 12.5 Å². The normalized spacial score (nSPS) is 18.6. The fraction of sp³-hybridized carbons (Fsp3) is 0.607. The van der Waals surface area contributed by atoms with Crippen molar-refractivity contribution in [2.45, 2.75) is 82.4 Å². The molecule has 1 saturated heterocycles. The molecule has 0 radical (unpaired) electrons. The number of hydrogen-bond acceptors (Lipinski definition) is 9. The number of sulfone groups is 1. The summed E-state index contributed by atoms with van der Waals surface area (Å²) >= 11 is 1.12. The molecule has 226 valence electrons. The van der Waals surface area contributed by atoms with Crippen LogP contribution in [0.25, 0.3) is 21.6 Å². The zero-order chi connectivity index (χ0) is 30.2. The highest BCUT2D eigenvalue weighted by molar-refractivity contribution is 7.92. The molecule has 1 aliphatic rings. The average Bonchev–Trinajstić information content (AvgIpc) is 3.48. The summed E-state index contributed by atoms with van der Waals surface area (Å²) in [5, 5.41) is 5.14. The van der Waals surface area contributed by atoms with Crippen LogP contribution >= 0.6 is 11.3 Å². The molecule has 0 bridgehead atoms. The van der Waals surface area contributed by atoms with Crippen molar-refractivity contribution in [2.75, 3.05) is 31.3 Å². The summed E-state index contributed by atoms with van der Waals surface area (Å²) in [4.78, 5) is 23.9. The number of nitrogens with one attached hydrogen (secondary N) is 1. The van der Waals surface area contributed by atoms with E-state index in [2.05, 4.69) is 36.9 Å². The zero-order valence-electron chi connectivity index (χ0n) is 25.4. The highest BCUT2D eigenvalue weighted by Crippen LogP contribution is 2.38. The van der Waals surface area contributed by atoms with E-state index in [0.29, 0.717) is 31.4 Å². The largest absolute Gasteiger partial charge is 0.444 e. The molecule has 4 rings (SSSR count). The summed E-state index contributed by atoms with van der Waals surface area (Å²) in [6.07, 6.45) is 6.81. The van der Waals surface area contributed by atoms with Gasteiger partial charge in [0.25, 0.3) is 0 Å². The van der Waals surface area contributed by atoms with Crippen molar-refractivity contribution in [1.82, 2.24) is 19.4 Å². The van der Waals surface area contributed by atoms with Crippen molar-refractivity contribution in [1.29, 1.82) is 0 Å². The van der Waals surface area contributed by atoms with E-state index in [1.54, 1.807) is 11.1 Å². The summed E-state index contributed by atoms with van der Waals surface area (Å²) < 4.78 is 38.2. The number of rotatable bonds is 9. The number of aromatic nitrogens is 3. The van der Waals surface area contributed by atoms with Gasteiger partial charge in [0.15, 0.2) is 9.84 Å². The number of fused-ring (bicyclic) bond motifs is 1. The van der Waals surface area contributed by atoms with Gasteiger partial charge in [0.2, 0.25) is 0 Å². The summed E-state index contributed by atoms with van der Waals surface area (Å²) in [6.45, 7) is 16.9. The van der Waals surface area contributed by atoms with Crippen molar-refractivity contribution >= 4 is 52.1 Å². The van der Waals surface area contributed by atoms with Crippen molar-refractivity contribution in [3.05, 3.63) is 24.7 Å². The Labute approximate surface area is 248 Å². The average molecular weight is 622 g/mol. The van der Waals surface area contributed by atoms with E-state index < -0.39 is 23.5 Å². The molecule has 10 nitrogen and oxygen atoms in total. The van der Waals surface area contributed by atoms with Crippen molar-refractivity contribution in [3.8, 4) is 10.6 Å². The predicted octanol–water partition coefficient (Wildman–Crippen LogP) is 5.93. The topological polar surface area (TPSA) is 116 Å². The molecule has 41 heavy (non-hydrogen) atoms. The monoisotopic (exact) mass is 621 g/mol. The molecule has 0 aromatic carbocycles. The van der Waals surface area contributed by atoms with Gasteiger partial charge in [0.1, 0.15) is 27.2 Å². The van der Waals surface area contributed by atoms with Crippen molar-refractivity contribution < 1.29 is 22.7 Å². The van der Waals surface area contributed by atoms with E-state index >= 15 is 0 Å². The standard InChI is InChI=1S/C28H43N5O5S2Si/c1-19-13-20(17-33(16-19)27(34)38-28(2,3)4)31-24-21-9-10-32(18-37-11-12-41(6,7)8)25(21)29-14-22(24)26-30-15-23(39-26)40(5,35)36/h9-10,14-15,19-20H,11-13,16-18H2,1-8H3,(H,29,31)/t19-,20+/m0/s1. The van der Waals surface area contributed by atoms with Crippen LogP contribution < -0.4 is 5.32 Å². The lowest BCUT2D eigenvalue weighted by Crippen LogP contribution is -2.49. The minimum atomic E-state index is -3.39. The van der Waals surface area contributed by atoms with Crippen LogP contribution in [0.1, 0.15) is 34.1 Å². The van der Waals surface area contributed by atoms with Gasteiger partial charge in [-0.3, -0.25) is 0 Å². The number of ether oxygens (including phenoxy) is 2. The van der Waals surface area contributed by atoms with E-state index in [4.69, 9.17) is 14.5 Å². The number of pyridine rings is 1. The van der Waals surface area contributed by atoms with E-state index in [-0.39, 0.29) is 22.3 Å². The van der Waals surface area contributed by atoms with Gasteiger partial charge in [0.05, 0.1) is 17.4 Å². The Morgan fingerprint density at radius 3 is 2.56 bits per heavy atom. The first-order valence-electron chi connectivity index (χ1n) is 14.0. The Hall–Kier alpha value is -2.48. The van der Waals surface area contributed by atoms with Crippen LogP contribution in [0.2, 0.25) is 25.7 Å². The Kier molecular flexibility index (Phi) is 9.22. The minimum Gasteiger partial charge on any atom is -0.444 e. The van der Waals surface area contributed by atoms with Crippen LogP contribution in [0.5, 0.6) is 0 Å². The van der Waals surface area contributed by atoms with Crippen LogP contribution in [-0.4, -0.2) is 79.6 Å². The molecule has 1 amide bonds. The maximum atomic E-state index is 12.9. The minimum absolute atomic E-state index is 0.0543. The number of thiazole rings is 1. The van der Waals surface area contributed by atoms with E-state index in [9.17, 15) is 13.2 Å². The Morgan fingerprint density at radius 2 is 1.93 bits per heavy atom. The second kappa shape index (κ2) is 12.0. The second-order valence-corrected chi connectivity index (χ2v) is 22.1. The molecule has 2 atom stereocenters. The second-order valence-electron chi connectivity index (χ2n) is 13.2. The first kappa shape index (κ1) is 31.5. The number of piperidine rings is 1. The third-order valence-corrected chi connectivity index (χ3v) is 11.3. The maximum Gasteiger partial charge on any atom is 0.410 e. The number of amides is 1. The number of carbonyl (C=O) groups is 1. The number of likely N-dealkylation sites (tertiary alicyclic amines) is 1. The molecular weight excluding hydrogens is 579 g/mol. The SMILES string of the molecule is C[C@H]1C[C@@H](Nc2c(-c3ncc(S(C)(=O)=O)s3)cnc3c2ccn3COCC[Si](C)(C)C)CN(C(=O)OC(C)(C)C)C1. The molecule has 4 heterocycles. The van der Waals surface area contributed by atoms with Crippen molar-refractivity contribution in [2.24, 2.45) is 5.92 Å². The molecular formula is C28H43N5O5S2Si. The van der Waals surface area contributed by atoms with Gasteiger partial charge in [-0.1, -0.05) is 26.6 Å². The van der Waals surface area contributed by atoms with Crippen LogP contribution in [0.3, 0.4) is 0 Å². The molecule has 3 aromatic rings. The Balaban J connectivity index is 1.67. The van der Waals surface area contributed by atoms with Gasteiger partial charge in [-0.2, -0.15) is 0 Å². The fourth-order valence-electron chi connectivity index (χ4n) is 4.79. The lowest BCUT2D eigenvalue weighted by Gasteiger charge is -2.38. The Morgan fingerprint density at radius 1 is 1.20 bits per heavy atom. The molecule has 1 aliphatic heterocycles. The Bertz CT molecular complexity index is 1490. The molecule has 13 heteroatoms. The molecule has 0 saturated carbocycles. The first-order chi connectivity index (χ1) is 19.0. The summed E-state index contributed by atoms with van der Waals surface area (Å²) in [5.74, 6) is 0.260. The third kappa shape index (κ3) is 8.30. The number of hydrogen-bond donors (Lipinski definition) is 1. The quantitative estimate of drug-likeness (QED) is 0.231. The fourth-order valence-corrected chi connectivity index (χ4v) is 7.30. The lowest BCUT2D eigenvalue weighted by molar-refractivity contribution is 0.0162. The third-order valence-electron chi connectivity index (χ3n) is 6.76. The van der Waals surface area contributed by atoms with Gasteiger partial charge in [-0.15, -0.1) is 11.3 Å². The summed E-state index contributed by atoms with van der Waals surface area (Å²) in [7, 11) is -4.59. The van der Waals surface area contributed by atoms with Gasteiger partial charge in [-0.25, -0.2) is 23.2 Å². The number of anilines is 1. The van der Waals surface area contributed by atoms with Crippen LogP contribution in [0.15, 0.2) is 28.9 Å². The molecule has 3 aromatic heterocycles. The van der Waals surface area contributed by atoms with E-state index in [1.807, 2.05) is 37.6 Å².